The molecular formula is C17H19NO3S2. The number of thiazole rings is 1. The monoisotopic (exact) mass is 349 g/mol. The second-order valence-electron chi connectivity index (χ2n) is 6.72. The Morgan fingerprint density at radius 2 is 1.74 bits per heavy atom. The average Bonchev–Trinajstić information content (AvgIpc) is 3.06. The number of carbonyl (C=O) groups is 2. The van der Waals surface area contributed by atoms with Gasteiger partial charge in [-0.15, -0.1) is 22.7 Å². The Kier molecular flexibility index (Phi) is 3.82. The second kappa shape index (κ2) is 5.33. The van der Waals surface area contributed by atoms with E-state index < -0.39 is 17.1 Å². The van der Waals surface area contributed by atoms with Crippen molar-refractivity contribution in [2.45, 2.75) is 51.7 Å². The number of hydrogen-bond donors (Lipinski definition) is 0. The van der Waals surface area contributed by atoms with Crippen LogP contribution in [0.2, 0.25) is 0 Å². The van der Waals surface area contributed by atoms with Crippen molar-refractivity contribution in [3.8, 4) is 9.88 Å². The van der Waals surface area contributed by atoms with E-state index in [1.807, 2.05) is 24.4 Å². The van der Waals surface area contributed by atoms with Crippen LogP contribution in [0, 0.1) is 6.92 Å². The van der Waals surface area contributed by atoms with Crippen LogP contribution in [0.4, 0.5) is 0 Å². The van der Waals surface area contributed by atoms with Crippen molar-refractivity contribution in [2.75, 3.05) is 0 Å². The van der Waals surface area contributed by atoms with Crippen molar-refractivity contribution in [3.05, 3.63) is 28.1 Å². The first kappa shape index (κ1) is 16.5. The zero-order chi connectivity index (χ0) is 17.0. The van der Waals surface area contributed by atoms with E-state index >= 15 is 0 Å². The minimum absolute atomic E-state index is 0.215. The summed E-state index contributed by atoms with van der Waals surface area (Å²) in [7, 11) is 0. The molecule has 0 aliphatic carbocycles. The first-order valence-electron chi connectivity index (χ1n) is 7.43. The van der Waals surface area contributed by atoms with Crippen LogP contribution in [0.1, 0.15) is 44.2 Å². The zero-order valence-corrected chi connectivity index (χ0v) is 15.4. The van der Waals surface area contributed by atoms with Crippen molar-refractivity contribution < 1.29 is 14.3 Å². The minimum Gasteiger partial charge on any atom is -0.354 e. The number of nitrogens with zero attached hydrogens (tertiary/aromatic N) is 1. The molecule has 1 aliphatic rings. The number of rotatable bonds is 2. The molecule has 0 radical (unpaired) electrons. The van der Waals surface area contributed by atoms with E-state index in [0.29, 0.717) is 5.69 Å². The molecule has 23 heavy (non-hydrogen) atoms. The summed E-state index contributed by atoms with van der Waals surface area (Å²) in [6.07, 6.45) is 0. The minimum atomic E-state index is -0.999. The third-order valence-corrected chi connectivity index (χ3v) is 6.09. The van der Waals surface area contributed by atoms with Gasteiger partial charge in [0.25, 0.3) is 0 Å². The lowest BCUT2D eigenvalue weighted by molar-refractivity contribution is -0.184. The predicted molar refractivity (Wildman–Crippen MR) is 92.2 cm³/mol. The van der Waals surface area contributed by atoms with Crippen molar-refractivity contribution in [1.29, 1.82) is 0 Å². The Balaban J connectivity index is 2.09. The smallest absolute Gasteiger partial charge is 0.180 e. The highest BCUT2D eigenvalue weighted by atomic mass is 32.1. The van der Waals surface area contributed by atoms with E-state index in [9.17, 15) is 9.59 Å². The van der Waals surface area contributed by atoms with Crippen LogP contribution in [0.25, 0.3) is 9.88 Å². The topological polar surface area (TPSA) is 56.3 Å². The van der Waals surface area contributed by atoms with Gasteiger partial charge in [-0.05, 0) is 46.1 Å². The van der Waals surface area contributed by atoms with Gasteiger partial charge in [0, 0.05) is 4.88 Å². The highest BCUT2D eigenvalue weighted by Crippen LogP contribution is 2.41. The van der Waals surface area contributed by atoms with Gasteiger partial charge in [0.15, 0.2) is 11.6 Å². The molecular weight excluding hydrogens is 330 g/mol. The predicted octanol–water partition coefficient (Wildman–Crippen LogP) is 3.99. The van der Waals surface area contributed by atoms with Gasteiger partial charge < -0.3 is 4.74 Å². The van der Waals surface area contributed by atoms with Crippen molar-refractivity contribution in [1.82, 2.24) is 4.98 Å². The van der Waals surface area contributed by atoms with Gasteiger partial charge in [-0.1, -0.05) is 6.07 Å². The van der Waals surface area contributed by atoms with Gasteiger partial charge in [0.1, 0.15) is 22.1 Å². The molecule has 1 aliphatic heterocycles. The van der Waals surface area contributed by atoms with Gasteiger partial charge in [-0.3, -0.25) is 9.59 Å². The number of aryl methyl sites for hydroxylation is 1. The van der Waals surface area contributed by atoms with Crippen LogP contribution < -0.4 is 0 Å². The third-order valence-electron chi connectivity index (χ3n) is 4.06. The number of thiophene rings is 1. The summed E-state index contributed by atoms with van der Waals surface area (Å²) < 4.78 is 5.73. The largest absolute Gasteiger partial charge is 0.354 e. The molecule has 0 aromatic carbocycles. The lowest BCUT2D eigenvalue weighted by Crippen LogP contribution is -2.58. The first-order valence-corrected chi connectivity index (χ1v) is 9.13. The highest BCUT2D eigenvalue weighted by molar-refractivity contribution is 7.21. The fraction of sp³-hybridized carbons (Fsp3) is 0.471. The molecule has 0 unspecified atom stereocenters. The standard InChI is InChI=1S/C17H19NO3S2/c1-9-12(18-15(23-9)10-7-6-8-22-10)11-13(19)16(2,3)21-17(4,5)14(11)20/h6-8,11H,1-5H3. The summed E-state index contributed by atoms with van der Waals surface area (Å²) in [6.45, 7) is 8.80. The maximum absolute atomic E-state index is 12.8. The Labute approximate surface area is 143 Å². The number of Topliss-reactive ketones (excluding diaryl/α,β-unsaturated/α-hetero) is 2. The van der Waals surface area contributed by atoms with Crippen LogP contribution in [-0.4, -0.2) is 27.8 Å². The van der Waals surface area contributed by atoms with E-state index in [0.717, 1.165) is 14.8 Å². The number of ketones is 2. The molecule has 0 atom stereocenters. The van der Waals surface area contributed by atoms with Crippen molar-refractivity contribution in [2.24, 2.45) is 0 Å². The molecule has 0 saturated carbocycles. The molecule has 0 bridgehead atoms. The SMILES string of the molecule is Cc1sc(-c2cccs2)nc1C1C(=O)C(C)(C)OC(C)(C)C1=O. The second-order valence-corrected chi connectivity index (χ2v) is 8.87. The number of aromatic nitrogens is 1. The van der Waals surface area contributed by atoms with E-state index in [1.165, 1.54) is 11.3 Å². The Hall–Kier alpha value is -1.37. The lowest BCUT2D eigenvalue weighted by Gasteiger charge is -2.42. The summed E-state index contributed by atoms with van der Waals surface area (Å²) in [4.78, 5) is 32.2. The summed E-state index contributed by atoms with van der Waals surface area (Å²) in [5, 5.41) is 2.85. The van der Waals surface area contributed by atoms with Crippen LogP contribution in [0.15, 0.2) is 17.5 Å². The van der Waals surface area contributed by atoms with E-state index in [2.05, 4.69) is 4.98 Å². The summed E-state index contributed by atoms with van der Waals surface area (Å²) in [5.41, 5.74) is -1.42. The van der Waals surface area contributed by atoms with Crippen LogP contribution in [-0.2, 0) is 14.3 Å². The summed E-state index contributed by atoms with van der Waals surface area (Å²) in [6, 6.07) is 3.96. The van der Waals surface area contributed by atoms with E-state index in [-0.39, 0.29) is 11.6 Å². The van der Waals surface area contributed by atoms with E-state index in [1.54, 1.807) is 39.0 Å². The summed E-state index contributed by atoms with van der Waals surface area (Å²) in [5.74, 6) is -1.28. The van der Waals surface area contributed by atoms with Crippen LogP contribution in [0.5, 0.6) is 0 Å². The van der Waals surface area contributed by atoms with Gasteiger partial charge >= 0.3 is 0 Å². The summed E-state index contributed by atoms with van der Waals surface area (Å²) >= 11 is 3.12. The molecule has 1 saturated heterocycles. The van der Waals surface area contributed by atoms with Gasteiger partial charge in [0.2, 0.25) is 0 Å². The maximum atomic E-state index is 12.8. The average molecular weight is 349 g/mol. The Morgan fingerprint density at radius 3 is 2.26 bits per heavy atom. The lowest BCUT2D eigenvalue weighted by atomic mass is 9.76. The number of carbonyl (C=O) groups excluding carboxylic acids is 2. The fourth-order valence-corrected chi connectivity index (χ4v) is 4.73. The van der Waals surface area contributed by atoms with Gasteiger partial charge in [0.05, 0.1) is 10.6 Å². The molecule has 6 heteroatoms. The maximum Gasteiger partial charge on any atom is 0.180 e. The fourth-order valence-electron chi connectivity index (χ4n) is 2.98. The molecule has 122 valence electrons. The molecule has 1 fully saturated rings. The van der Waals surface area contributed by atoms with Gasteiger partial charge in [-0.25, -0.2) is 4.98 Å². The Bertz CT molecular complexity index is 746. The molecule has 3 rings (SSSR count). The molecule has 2 aromatic heterocycles. The van der Waals surface area contributed by atoms with Gasteiger partial charge in [-0.2, -0.15) is 0 Å². The zero-order valence-electron chi connectivity index (χ0n) is 13.8. The number of ether oxygens (including phenoxy) is 1. The molecule has 2 aromatic rings. The van der Waals surface area contributed by atoms with Crippen molar-refractivity contribution >= 4 is 34.2 Å². The molecule has 0 amide bonds. The van der Waals surface area contributed by atoms with Crippen LogP contribution in [0.3, 0.4) is 0 Å². The first-order chi connectivity index (χ1) is 10.6. The molecule has 0 N–H and O–H groups in total. The normalized spacial score (nSPS) is 20.9. The molecule has 3 heterocycles. The van der Waals surface area contributed by atoms with E-state index in [4.69, 9.17) is 4.74 Å². The molecule has 0 spiro atoms. The molecule has 4 nitrogen and oxygen atoms in total. The Morgan fingerprint density at radius 1 is 1.13 bits per heavy atom. The highest BCUT2D eigenvalue weighted by Gasteiger charge is 2.54. The number of hydrogen-bond acceptors (Lipinski definition) is 6. The third kappa shape index (κ3) is 2.69. The van der Waals surface area contributed by atoms with Crippen molar-refractivity contribution in [3.63, 3.8) is 0 Å². The quantitative estimate of drug-likeness (QED) is 0.769. The van der Waals surface area contributed by atoms with Crippen LogP contribution >= 0.6 is 22.7 Å².